The maximum Gasteiger partial charge on any atom is 0.191 e. The van der Waals surface area contributed by atoms with Crippen molar-refractivity contribution >= 4 is 41.4 Å². The summed E-state index contributed by atoms with van der Waals surface area (Å²) in [5.74, 6) is 2.17. The molecule has 0 amide bonds. The summed E-state index contributed by atoms with van der Waals surface area (Å²) < 4.78 is 13.1. The molecule has 3 rings (SSSR count). The van der Waals surface area contributed by atoms with Gasteiger partial charge in [0.05, 0.1) is 0 Å². The second-order valence-electron chi connectivity index (χ2n) is 7.67. The molecule has 164 valence electrons. The summed E-state index contributed by atoms with van der Waals surface area (Å²) in [7, 11) is 1.79. The zero-order chi connectivity index (χ0) is 20.6. The number of hydrogen-bond donors (Lipinski definition) is 2. The number of aromatic nitrogens is 1. The number of pyridine rings is 1. The Balaban J connectivity index is 0.00000320. The summed E-state index contributed by atoms with van der Waals surface area (Å²) in [6, 6.07) is 10.9. The minimum absolute atomic E-state index is 0. The number of nitrogens with one attached hydrogen (secondary N) is 2. The average Bonchev–Trinajstić information content (AvgIpc) is 2.74. The number of halogens is 2. The van der Waals surface area contributed by atoms with Crippen LogP contribution in [0.5, 0.6) is 0 Å². The highest BCUT2D eigenvalue weighted by molar-refractivity contribution is 14.0. The van der Waals surface area contributed by atoms with Crippen LogP contribution in [0, 0.1) is 11.7 Å². The molecule has 0 aliphatic carbocycles. The molecule has 1 aliphatic heterocycles. The van der Waals surface area contributed by atoms with Crippen molar-refractivity contribution in [3.63, 3.8) is 0 Å². The maximum absolute atomic E-state index is 13.1. The molecule has 0 radical (unpaired) electrons. The number of aliphatic imine (C=N–C) groups is 1. The zero-order valence-electron chi connectivity index (χ0n) is 17.9. The van der Waals surface area contributed by atoms with E-state index in [0.717, 1.165) is 50.2 Å². The van der Waals surface area contributed by atoms with Gasteiger partial charge in [-0.3, -0.25) is 4.99 Å². The normalized spacial score (nSPS) is 14.5. The van der Waals surface area contributed by atoms with Crippen LogP contribution in [0.2, 0.25) is 0 Å². The van der Waals surface area contributed by atoms with Crippen LogP contribution in [-0.2, 0) is 6.54 Å². The second kappa shape index (κ2) is 11.9. The number of nitrogens with zero attached hydrogens (tertiary/aromatic N) is 4. The van der Waals surface area contributed by atoms with Crippen molar-refractivity contribution in [3.05, 3.63) is 54.0 Å². The molecule has 2 N–H and O–H groups in total. The van der Waals surface area contributed by atoms with Crippen molar-refractivity contribution in [2.24, 2.45) is 10.9 Å². The van der Waals surface area contributed by atoms with Gasteiger partial charge in [0.2, 0.25) is 0 Å². The summed E-state index contributed by atoms with van der Waals surface area (Å²) in [5, 5.41) is 6.68. The minimum atomic E-state index is -0.197. The monoisotopic (exact) mass is 526 g/mol. The van der Waals surface area contributed by atoms with Gasteiger partial charge in [-0.05, 0) is 47.9 Å². The molecule has 1 aliphatic rings. The van der Waals surface area contributed by atoms with E-state index < -0.39 is 0 Å². The molecular formula is C22H32FIN6. The number of anilines is 2. The molecular weight excluding hydrogens is 494 g/mol. The largest absolute Gasteiger partial charge is 0.368 e. The van der Waals surface area contributed by atoms with Gasteiger partial charge < -0.3 is 20.4 Å². The van der Waals surface area contributed by atoms with E-state index in [-0.39, 0.29) is 29.8 Å². The Morgan fingerprint density at radius 3 is 2.37 bits per heavy atom. The standard InChI is InChI=1S/C22H31FN6.HI/c1-17(2)15-26-22(24-3)27-16-18-8-9-25-21(14-18)29-12-10-28(11-13-29)20-6-4-19(23)5-7-20;/h4-9,14,17H,10-13,15-16H2,1-3H3,(H2,24,26,27);1H. The average molecular weight is 526 g/mol. The van der Waals surface area contributed by atoms with Gasteiger partial charge in [0, 0.05) is 58.2 Å². The first-order valence-electron chi connectivity index (χ1n) is 10.2. The highest BCUT2D eigenvalue weighted by Gasteiger charge is 2.18. The van der Waals surface area contributed by atoms with Gasteiger partial charge in [-0.15, -0.1) is 24.0 Å². The van der Waals surface area contributed by atoms with Crippen molar-refractivity contribution in [1.82, 2.24) is 15.6 Å². The Hall–Kier alpha value is -2.10. The summed E-state index contributed by atoms with van der Waals surface area (Å²) in [4.78, 5) is 13.4. The van der Waals surface area contributed by atoms with E-state index >= 15 is 0 Å². The summed E-state index contributed by atoms with van der Waals surface area (Å²) in [6.45, 7) is 9.49. The molecule has 30 heavy (non-hydrogen) atoms. The maximum atomic E-state index is 13.1. The van der Waals surface area contributed by atoms with E-state index in [4.69, 9.17) is 0 Å². The lowest BCUT2D eigenvalue weighted by atomic mass is 10.2. The molecule has 1 aromatic carbocycles. The summed E-state index contributed by atoms with van der Waals surface area (Å²) in [5.41, 5.74) is 2.24. The van der Waals surface area contributed by atoms with Gasteiger partial charge in [0.15, 0.2) is 5.96 Å². The van der Waals surface area contributed by atoms with Gasteiger partial charge in [0.1, 0.15) is 11.6 Å². The van der Waals surface area contributed by atoms with Crippen LogP contribution in [0.3, 0.4) is 0 Å². The number of piperazine rings is 1. The predicted molar refractivity (Wildman–Crippen MR) is 134 cm³/mol. The Labute approximate surface area is 196 Å². The first-order chi connectivity index (χ1) is 14.0. The van der Waals surface area contributed by atoms with Crippen molar-refractivity contribution in [2.75, 3.05) is 49.6 Å². The third-order valence-corrected chi connectivity index (χ3v) is 4.97. The van der Waals surface area contributed by atoms with E-state index in [2.05, 4.69) is 50.3 Å². The molecule has 1 fully saturated rings. The van der Waals surface area contributed by atoms with Crippen molar-refractivity contribution in [1.29, 1.82) is 0 Å². The lowest BCUT2D eigenvalue weighted by Gasteiger charge is -2.36. The van der Waals surface area contributed by atoms with Crippen LogP contribution in [0.1, 0.15) is 19.4 Å². The molecule has 1 aromatic heterocycles. The van der Waals surface area contributed by atoms with Crippen LogP contribution in [0.4, 0.5) is 15.9 Å². The first-order valence-corrected chi connectivity index (χ1v) is 10.2. The van der Waals surface area contributed by atoms with Crippen LogP contribution >= 0.6 is 24.0 Å². The van der Waals surface area contributed by atoms with Gasteiger partial charge >= 0.3 is 0 Å². The molecule has 2 aromatic rings. The number of guanidine groups is 1. The van der Waals surface area contributed by atoms with Gasteiger partial charge in [0.25, 0.3) is 0 Å². The molecule has 8 heteroatoms. The van der Waals surface area contributed by atoms with Crippen LogP contribution in [-0.4, -0.2) is 50.7 Å². The quantitative estimate of drug-likeness (QED) is 0.343. The van der Waals surface area contributed by atoms with Crippen LogP contribution in [0.15, 0.2) is 47.6 Å². The number of hydrogen-bond acceptors (Lipinski definition) is 4. The Morgan fingerprint density at radius 1 is 1.07 bits per heavy atom. The molecule has 0 bridgehead atoms. The van der Waals surface area contributed by atoms with Crippen molar-refractivity contribution < 1.29 is 4.39 Å². The summed E-state index contributed by atoms with van der Waals surface area (Å²) in [6.07, 6.45) is 1.86. The smallest absolute Gasteiger partial charge is 0.191 e. The predicted octanol–water partition coefficient (Wildman–Crippen LogP) is 3.49. The lowest BCUT2D eigenvalue weighted by molar-refractivity contribution is 0.614. The topological polar surface area (TPSA) is 55.8 Å². The lowest BCUT2D eigenvalue weighted by Crippen LogP contribution is -2.46. The zero-order valence-corrected chi connectivity index (χ0v) is 20.3. The fourth-order valence-corrected chi connectivity index (χ4v) is 3.30. The SMILES string of the molecule is CN=C(NCc1ccnc(N2CCN(c3ccc(F)cc3)CC2)c1)NCC(C)C.I. The van der Waals surface area contributed by atoms with Crippen LogP contribution < -0.4 is 20.4 Å². The molecule has 0 atom stereocenters. The van der Waals surface area contributed by atoms with Gasteiger partial charge in [-0.1, -0.05) is 13.8 Å². The summed E-state index contributed by atoms with van der Waals surface area (Å²) >= 11 is 0. The molecule has 0 spiro atoms. The molecule has 0 saturated carbocycles. The molecule has 0 unspecified atom stereocenters. The van der Waals surface area contributed by atoms with E-state index in [1.807, 2.05) is 24.4 Å². The van der Waals surface area contributed by atoms with Gasteiger partial charge in [-0.25, -0.2) is 9.37 Å². The highest BCUT2D eigenvalue weighted by atomic mass is 127. The Bertz CT molecular complexity index is 804. The van der Waals surface area contributed by atoms with E-state index in [1.165, 1.54) is 17.7 Å². The second-order valence-corrected chi connectivity index (χ2v) is 7.67. The Kier molecular flexibility index (Phi) is 9.61. The fraction of sp³-hybridized carbons (Fsp3) is 0.455. The first kappa shape index (κ1) is 24.2. The van der Waals surface area contributed by atoms with Gasteiger partial charge in [-0.2, -0.15) is 0 Å². The third kappa shape index (κ3) is 7.00. The number of rotatable bonds is 6. The highest BCUT2D eigenvalue weighted by Crippen LogP contribution is 2.20. The fourth-order valence-electron chi connectivity index (χ4n) is 3.30. The van der Waals surface area contributed by atoms with E-state index in [1.54, 1.807) is 7.05 Å². The number of benzene rings is 1. The molecule has 1 saturated heterocycles. The molecule has 6 nitrogen and oxygen atoms in total. The van der Waals surface area contributed by atoms with Crippen LogP contribution in [0.25, 0.3) is 0 Å². The Morgan fingerprint density at radius 2 is 1.73 bits per heavy atom. The third-order valence-electron chi connectivity index (χ3n) is 4.97. The van der Waals surface area contributed by atoms with E-state index in [9.17, 15) is 4.39 Å². The molecule has 2 heterocycles. The van der Waals surface area contributed by atoms with Crippen molar-refractivity contribution in [2.45, 2.75) is 20.4 Å². The van der Waals surface area contributed by atoms with E-state index in [0.29, 0.717) is 12.5 Å². The van der Waals surface area contributed by atoms with Crippen molar-refractivity contribution in [3.8, 4) is 0 Å². The minimum Gasteiger partial charge on any atom is -0.368 e.